The number of carbonyl (C=O) groups excluding carboxylic acids is 1. The largest absolute Gasteiger partial charge is 0.396 e. The Balaban J connectivity index is 1.85. The molecule has 1 heterocycles. The van der Waals surface area contributed by atoms with E-state index in [0.717, 1.165) is 24.8 Å². The Kier molecular flexibility index (Phi) is 3.76. The van der Waals surface area contributed by atoms with Crippen LogP contribution in [0.1, 0.15) is 34.3 Å². The average molecular weight is 275 g/mol. The molecule has 1 aliphatic carbocycles. The van der Waals surface area contributed by atoms with E-state index in [0.29, 0.717) is 13.1 Å². The molecule has 1 aromatic rings. The number of rotatable bonds is 2. The number of nitrogens with zero attached hydrogens (tertiary/aromatic N) is 1. The number of aliphatic hydroxyl groups is 2. The van der Waals surface area contributed by atoms with Crippen LogP contribution in [-0.4, -0.2) is 46.8 Å². The first-order chi connectivity index (χ1) is 9.70. The van der Waals surface area contributed by atoms with E-state index in [9.17, 15) is 15.0 Å². The number of likely N-dealkylation sites (tertiary alicyclic amines) is 1. The molecule has 0 bridgehead atoms. The van der Waals surface area contributed by atoms with Crippen molar-refractivity contribution < 1.29 is 15.0 Å². The van der Waals surface area contributed by atoms with Gasteiger partial charge in [0.25, 0.3) is 5.91 Å². The van der Waals surface area contributed by atoms with Crippen molar-refractivity contribution in [2.75, 3.05) is 19.7 Å². The summed E-state index contributed by atoms with van der Waals surface area (Å²) in [6.45, 7) is 0.700. The molecule has 3 rings (SSSR count). The van der Waals surface area contributed by atoms with Crippen LogP contribution in [0.3, 0.4) is 0 Å². The van der Waals surface area contributed by atoms with E-state index in [1.165, 1.54) is 17.5 Å². The molecule has 1 aliphatic heterocycles. The first-order valence-electron chi connectivity index (χ1n) is 7.39. The number of hydrogen-bond donors (Lipinski definition) is 2. The fraction of sp³-hybridized carbons (Fsp3) is 0.562. The maximum absolute atomic E-state index is 12.7. The van der Waals surface area contributed by atoms with Gasteiger partial charge in [0, 0.05) is 24.6 Å². The van der Waals surface area contributed by atoms with E-state index in [1.54, 1.807) is 4.90 Å². The summed E-state index contributed by atoms with van der Waals surface area (Å²) >= 11 is 0. The Labute approximate surface area is 119 Å². The molecule has 0 aromatic heterocycles. The van der Waals surface area contributed by atoms with Gasteiger partial charge in [0.1, 0.15) is 0 Å². The highest BCUT2D eigenvalue weighted by Crippen LogP contribution is 2.27. The first kappa shape index (κ1) is 13.6. The maximum atomic E-state index is 12.7. The van der Waals surface area contributed by atoms with Gasteiger partial charge in [0.15, 0.2) is 0 Å². The molecule has 2 aliphatic rings. The Morgan fingerprint density at radius 3 is 2.80 bits per heavy atom. The fourth-order valence-electron chi connectivity index (χ4n) is 3.35. The maximum Gasteiger partial charge on any atom is 0.254 e. The van der Waals surface area contributed by atoms with Crippen molar-refractivity contribution in [2.45, 2.75) is 31.8 Å². The molecule has 1 amide bonds. The van der Waals surface area contributed by atoms with Crippen molar-refractivity contribution in [3.63, 3.8) is 0 Å². The lowest BCUT2D eigenvalue weighted by molar-refractivity contribution is 0.0762. The highest BCUT2D eigenvalue weighted by atomic mass is 16.3. The first-order valence-corrected chi connectivity index (χ1v) is 7.39. The predicted molar refractivity (Wildman–Crippen MR) is 75.6 cm³/mol. The van der Waals surface area contributed by atoms with Crippen LogP contribution in [0.4, 0.5) is 0 Å². The minimum atomic E-state index is -0.608. The van der Waals surface area contributed by atoms with Crippen molar-refractivity contribution in [1.29, 1.82) is 0 Å². The minimum Gasteiger partial charge on any atom is -0.396 e. The lowest BCUT2D eigenvalue weighted by atomic mass is 9.88. The Morgan fingerprint density at radius 2 is 2.05 bits per heavy atom. The van der Waals surface area contributed by atoms with E-state index < -0.39 is 6.10 Å². The zero-order valence-corrected chi connectivity index (χ0v) is 11.6. The van der Waals surface area contributed by atoms with Crippen LogP contribution in [0.5, 0.6) is 0 Å². The quantitative estimate of drug-likeness (QED) is 0.846. The van der Waals surface area contributed by atoms with Crippen LogP contribution < -0.4 is 0 Å². The predicted octanol–water partition coefficient (Wildman–Crippen LogP) is 0.991. The Bertz CT molecular complexity index is 514. The number of amides is 1. The van der Waals surface area contributed by atoms with Crippen LogP contribution in [0.15, 0.2) is 18.2 Å². The molecule has 0 radical (unpaired) electrons. The molecule has 1 aromatic carbocycles. The lowest BCUT2D eigenvalue weighted by Gasteiger charge is -2.22. The summed E-state index contributed by atoms with van der Waals surface area (Å²) in [5.74, 6) is -0.211. The van der Waals surface area contributed by atoms with E-state index in [4.69, 9.17) is 0 Å². The van der Waals surface area contributed by atoms with Gasteiger partial charge in [-0.25, -0.2) is 0 Å². The number of β-amino-alcohol motifs (C(OH)–C–C–N with tert-alkyl or cyclic N) is 1. The number of aryl methyl sites for hydroxylation is 1. The zero-order chi connectivity index (χ0) is 14.1. The van der Waals surface area contributed by atoms with E-state index in [1.807, 2.05) is 12.1 Å². The molecule has 1 fully saturated rings. The van der Waals surface area contributed by atoms with Gasteiger partial charge in [-0.15, -0.1) is 0 Å². The van der Waals surface area contributed by atoms with E-state index >= 15 is 0 Å². The van der Waals surface area contributed by atoms with Crippen LogP contribution in [0.25, 0.3) is 0 Å². The standard InChI is InChI=1S/C16H21NO3/c18-10-12-8-17(9-15(12)19)16(20)14-7-3-5-11-4-1-2-6-13(11)14/h3,5,7,12,15,18-19H,1-2,4,6,8-10H2. The van der Waals surface area contributed by atoms with E-state index in [2.05, 4.69) is 6.07 Å². The van der Waals surface area contributed by atoms with Crippen molar-refractivity contribution in [2.24, 2.45) is 5.92 Å². The van der Waals surface area contributed by atoms with Gasteiger partial charge in [-0.2, -0.15) is 0 Å². The summed E-state index contributed by atoms with van der Waals surface area (Å²) in [6, 6.07) is 5.96. The third kappa shape index (κ3) is 2.34. The summed E-state index contributed by atoms with van der Waals surface area (Å²) < 4.78 is 0. The van der Waals surface area contributed by atoms with Crippen molar-refractivity contribution in [3.05, 3.63) is 34.9 Å². The molecule has 0 spiro atoms. The SMILES string of the molecule is O=C(c1cccc2c1CCCC2)N1CC(O)C(CO)C1. The van der Waals surface area contributed by atoms with Gasteiger partial charge >= 0.3 is 0 Å². The number of carbonyl (C=O) groups is 1. The summed E-state index contributed by atoms with van der Waals surface area (Å²) in [4.78, 5) is 14.3. The topological polar surface area (TPSA) is 60.8 Å². The second-order valence-electron chi connectivity index (χ2n) is 5.87. The van der Waals surface area contributed by atoms with Gasteiger partial charge in [-0.3, -0.25) is 4.79 Å². The zero-order valence-electron chi connectivity index (χ0n) is 11.6. The van der Waals surface area contributed by atoms with Gasteiger partial charge in [-0.1, -0.05) is 12.1 Å². The molecule has 2 unspecified atom stereocenters. The number of benzene rings is 1. The van der Waals surface area contributed by atoms with Gasteiger partial charge in [-0.05, 0) is 42.9 Å². The molecule has 108 valence electrons. The van der Waals surface area contributed by atoms with Crippen LogP contribution in [0.2, 0.25) is 0 Å². The molecular formula is C16H21NO3. The molecule has 2 N–H and O–H groups in total. The third-order valence-electron chi connectivity index (χ3n) is 4.55. The molecule has 0 saturated carbocycles. The Hall–Kier alpha value is -1.39. The molecular weight excluding hydrogens is 254 g/mol. The fourth-order valence-corrected chi connectivity index (χ4v) is 3.35. The molecule has 4 nitrogen and oxygen atoms in total. The smallest absolute Gasteiger partial charge is 0.254 e. The lowest BCUT2D eigenvalue weighted by Crippen LogP contribution is -2.31. The number of hydrogen-bond acceptors (Lipinski definition) is 3. The average Bonchev–Trinajstić information content (AvgIpc) is 2.87. The molecule has 20 heavy (non-hydrogen) atoms. The third-order valence-corrected chi connectivity index (χ3v) is 4.55. The Morgan fingerprint density at radius 1 is 1.25 bits per heavy atom. The van der Waals surface area contributed by atoms with Gasteiger partial charge < -0.3 is 15.1 Å². The van der Waals surface area contributed by atoms with E-state index in [-0.39, 0.29) is 18.4 Å². The number of fused-ring (bicyclic) bond motifs is 1. The summed E-state index contributed by atoms with van der Waals surface area (Å²) in [6.07, 6.45) is 3.75. The van der Waals surface area contributed by atoms with Crippen molar-refractivity contribution in [1.82, 2.24) is 4.90 Å². The molecule has 2 atom stereocenters. The summed E-state index contributed by atoms with van der Waals surface area (Å²) in [5, 5.41) is 19.0. The monoisotopic (exact) mass is 275 g/mol. The van der Waals surface area contributed by atoms with Crippen molar-refractivity contribution >= 4 is 5.91 Å². The second-order valence-corrected chi connectivity index (χ2v) is 5.87. The van der Waals surface area contributed by atoms with Crippen LogP contribution in [0, 0.1) is 5.92 Å². The highest BCUT2D eigenvalue weighted by Gasteiger charge is 2.34. The summed E-state index contributed by atoms with van der Waals surface area (Å²) in [7, 11) is 0. The summed E-state index contributed by atoms with van der Waals surface area (Å²) in [5.41, 5.74) is 3.26. The molecule has 4 heteroatoms. The number of aliphatic hydroxyl groups excluding tert-OH is 2. The van der Waals surface area contributed by atoms with Crippen LogP contribution >= 0.6 is 0 Å². The van der Waals surface area contributed by atoms with Gasteiger partial charge in [0.05, 0.1) is 12.7 Å². The minimum absolute atomic E-state index is 0.00116. The molecule has 1 saturated heterocycles. The normalized spacial score (nSPS) is 25.6. The van der Waals surface area contributed by atoms with Crippen molar-refractivity contribution in [3.8, 4) is 0 Å². The highest BCUT2D eigenvalue weighted by molar-refractivity contribution is 5.96. The second kappa shape index (κ2) is 5.54. The van der Waals surface area contributed by atoms with Crippen LogP contribution in [-0.2, 0) is 12.8 Å². The van der Waals surface area contributed by atoms with Gasteiger partial charge in [0.2, 0.25) is 0 Å².